The Labute approximate surface area is 156 Å². The smallest absolute Gasteiger partial charge is 0.231 e. The normalized spacial score (nSPS) is 25.5. The van der Waals surface area contributed by atoms with Crippen molar-refractivity contribution in [2.75, 3.05) is 12.1 Å². The zero-order valence-electron chi connectivity index (χ0n) is 14.3. The zero-order chi connectivity index (χ0) is 17.1. The number of ether oxygens (including phenoxy) is 2. The quantitative estimate of drug-likeness (QED) is 0.633. The molecule has 0 aromatic heterocycles. The molecule has 2 heterocycles. The van der Waals surface area contributed by atoms with Gasteiger partial charge in [-0.25, -0.2) is 0 Å². The number of aryl methyl sites for hydroxylation is 2. The second-order valence-electron chi connectivity index (χ2n) is 7.25. The molecule has 0 unspecified atom stereocenters. The summed E-state index contributed by atoms with van der Waals surface area (Å²) < 4.78 is 12.2. The van der Waals surface area contributed by atoms with Crippen LogP contribution in [0.5, 0.6) is 11.5 Å². The first-order valence-electron chi connectivity index (χ1n) is 8.75. The third kappa shape index (κ3) is 2.30. The highest BCUT2D eigenvalue weighted by Crippen LogP contribution is 2.53. The second kappa shape index (κ2) is 5.53. The van der Waals surface area contributed by atoms with Gasteiger partial charge >= 0.3 is 0 Å². The van der Waals surface area contributed by atoms with Crippen molar-refractivity contribution in [3.05, 3.63) is 63.1 Å². The van der Waals surface area contributed by atoms with Gasteiger partial charge in [0, 0.05) is 16.1 Å². The van der Waals surface area contributed by atoms with Gasteiger partial charge in [-0.05, 0) is 66.6 Å². The van der Waals surface area contributed by atoms with Gasteiger partial charge in [-0.15, -0.1) is 0 Å². The van der Waals surface area contributed by atoms with Crippen molar-refractivity contribution in [2.24, 2.45) is 5.92 Å². The molecule has 1 N–H and O–H groups in total. The van der Waals surface area contributed by atoms with Crippen molar-refractivity contribution in [3.8, 4) is 11.5 Å². The van der Waals surface area contributed by atoms with Gasteiger partial charge in [0.25, 0.3) is 0 Å². The fraction of sp³-hybridized carbons (Fsp3) is 0.333. The molecule has 3 aliphatic rings. The van der Waals surface area contributed by atoms with E-state index in [1.807, 2.05) is 6.07 Å². The highest BCUT2D eigenvalue weighted by molar-refractivity contribution is 9.10. The third-order valence-corrected chi connectivity index (χ3v) is 6.33. The van der Waals surface area contributed by atoms with Crippen molar-refractivity contribution in [2.45, 2.75) is 32.2 Å². The van der Waals surface area contributed by atoms with Crippen molar-refractivity contribution in [3.63, 3.8) is 0 Å². The molecule has 4 heteroatoms. The number of benzene rings is 2. The Morgan fingerprint density at radius 1 is 1.08 bits per heavy atom. The number of allylic oxidation sites excluding steroid dienone is 2. The minimum absolute atomic E-state index is 0.248. The molecule has 5 rings (SSSR count). The van der Waals surface area contributed by atoms with E-state index in [1.165, 1.54) is 27.9 Å². The average Bonchev–Trinajstić information content (AvgIpc) is 3.21. The summed E-state index contributed by atoms with van der Waals surface area (Å²) in [5.41, 5.74) is 6.64. The molecule has 25 heavy (non-hydrogen) atoms. The van der Waals surface area contributed by atoms with E-state index >= 15 is 0 Å². The summed E-state index contributed by atoms with van der Waals surface area (Å²) >= 11 is 3.76. The number of halogens is 1. The number of hydrogen-bond acceptors (Lipinski definition) is 3. The molecule has 0 bridgehead atoms. The largest absolute Gasteiger partial charge is 0.454 e. The summed E-state index contributed by atoms with van der Waals surface area (Å²) in [6.07, 6.45) is 5.82. The van der Waals surface area contributed by atoms with E-state index < -0.39 is 0 Å². The fourth-order valence-corrected chi connectivity index (χ4v) is 5.19. The van der Waals surface area contributed by atoms with E-state index in [1.54, 1.807) is 0 Å². The molecule has 0 amide bonds. The molecular formula is C21H20BrNO2. The van der Waals surface area contributed by atoms with Crippen molar-refractivity contribution >= 4 is 21.6 Å². The van der Waals surface area contributed by atoms with E-state index in [9.17, 15) is 0 Å². The molecule has 0 saturated heterocycles. The summed E-state index contributed by atoms with van der Waals surface area (Å²) in [6, 6.07) is 8.98. The Kier molecular flexibility index (Phi) is 3.39. The monoisotopic (exact) mass is 397 g/mol. The number of hydrogen-bond donors (Lipinski definition) is 1. The Bertz CT molecular complexity index is 905. The van der Waals surface area contributed by atoms with E-state index in [0.29, 0.717) is 18.6 Å². The number of rotatable bonds is 1. The second-order valence-corrected chi connectivity index (χ2v) is 8.10. The lowest BCUT2D eigenvalue weighted by atomic mass is 9.75. The Morgan fingerprint density at radius 3 is 2.72 bits per heavy atom. The van der Waals surface area contributed by atoms with Gasteiger partial charge in [0.1, 0.15) is 0 Å². The van der Waals surface area contributed by atoms with Crippen molar-refractivity contribution < 1.29 is 9.47 Å². The SMILES string of the molecule is Cc1cc(C)c2c(c1)N[C@@H](c1cc3c(cc1Br)OCO3)[C@@H]1CC=C[C@H]21. The van der Waals surface area contributed by atoms with Crippen LogP contribution in [0.2, 0.25) is 0 Å². The molecule has 0 fully saturated rings. The lowest BCUT2D eigenvalue weighted by molar-refractivity contribution is 0.174. The minimum atomic E-state index is 0.248. The Balaban J connectivity index is 1.64. The molecule has 0 spiro atoms. The maximum atomic E-state index is 5.62. The van der Waals surface area contributed by atoms with Crippen LogP contribution in [0.4, 0.5) is 5.69 Å². The van der Waals surface area contributed by atoms with E-state index in [4.69, 9.17) is 9.47 Å². The average molecular weight is 398 g/mol. The minimum Gasteiger partial charge on any atom is -0.454 e. The van der Waals surface area contributed by atoms with Crippen LogP contribution in [0.25, 0.3) is 0 Å². The predicted octanol–water partition coefficient (Wildman–Crippen LogP) is 5.62. The Morgan fingerprint density at radius 2 is 1.88 bits per heavy atom. The van der Waals surface area contributed by atoms with Gasteiger partial charge in [0.2, 0.25) is 6.79 Å². The molecule has 128 valence electrons. The van der Waals surface area contributed by atoms with Gasteiger partial charge in [-0.1, -0.05) is 34.1 Å². The van der Waals surface area contributed by atoms with Crippen LogP contribution in [-0.2, 0) is 0 Å². The van der Waals surface area contributed by atoms with Crippen LogP contribution in [-0.4, -0.2) is 6.79 Å². The van der Waals surface area contributed by atoms with Gasteiger partial charge < -0.3 is 14.8 Å². The molecule has 0 saturated carbocycles. The predicted molar refractivity (Wildman–Crippen MR) is 103 cm³/mol. The van der Waals surface area contributed by atoms with Crippen LogP contribution >= 0.6 is 15.9 Å². The van der Waals surface area contributed by atoms with Crippen molar-refractivity contribution in [1.82, 2.24) is 0 Å². The van der Waals surface area contributed by atoms with Gasteiger partial charge in [-0.2, -0.15) is 0 Å². The zero-order valence-corrected chi connectivity index (χ0v) is 15.9. The van der Waals surface area contributed by atoms with Crippen LogP contribution in [0.3, 0.4) is 0 Å². The summed E-state index contributed by atoms with van der Waals surface area (Å²) in [5.74, 6) is 2.65. The van der Waals surface area contributed by atoms with E-state index in [-0.39, 0.29) is 6.04 Å². The lowest BCUT2D eigenvalue weighted by Gasteiger charge is -2.39. The number of fused-ring (bicyclic) bond motifs is 4. The topological polar surface area (TPSA) is 30.5 Å². The first-order valence-corrected chi connectivity index (χ1v) is 9.54. The molecule has 2 aliphatic heterocycles. The number of anilines is 1. The highest BCUT2D eigenvalue weighted by Gasteiger charge is 2.40. The van der Waals surface area contributed by atoms with Crippen LogP contribution in [0, 0.1) is 19.8 Å². The summed E-state index contributed by atoms with van der Waals surface area (Å²) in [5, 5.41) is 3.83. The first kappa shape index (κ1) is 15.3. The summed E-state index contributed by atoms with van der Waals surface area (Å²) in [7, 11) is 0. The molecular weight excluding hydrogens is 378 g/mol. The third-order valence-electron chi connectivity index (χ3n) is 5.64. The molecule has 0 radical (unpaired) electrons. The summed E-state index contributed by atoms with van der Waals surface area (Å²) in [4.78, 5) is 0. The highest BCUT2D eigenvalue weighted by atomic mass is 79.9. The molecule has 2 aromatic carbocycles. The first-order chi connectivity index (χ1) is 12.1. The van der Waals surface area contributed by atoms with Crippen LogP contribution < -0.4 is 14.8 Å². The van der Waals surface area contributed by atoms with E-state index in [0.717, 1.165) is 22.4 Å². The van der Waals surface area contributed by atoms with Gasteiger partial charge in [0.15, 0.2) is 11.5 Å². The lowest BCUT2D eigenvalue weighted by Crippen LogP contribution is -2.30. The molecule has 1 aliphatic carbocycles. The molecule has 3 nitrogen and oxygen atoms in total. The number of nitrogens with one attached hydrogen (secondary N) is 1. The molecule has 2 aromatic rings. The van der Waals surface area contributed by atoms with Gasteiger partial charge in [0.05, 0.1) is 6.04 Å². The van der Waals surface area contributed by atoms with Gasteiger partial charge in [-0.3, -0.25) is 0 Å². The standard InChI is InChI=1S/C21H20BrNO2/c1-11-6-12(2)20-13-4-3-5-14(13)21(23-17(20)7-11)15-8-18-19(9-16(15)22)25-10-24-18/h3-4,6-9,13-14,21,23H,5,10H2,1-2H3/t13-,14+,21+/m0/s1. The Hall–Kier alpha value is -1.94. The van der Waals surface area contributed by atoms with E-state index in [2.05, 4.69) is 65.4 Å². The maximum Gasteiger partial charge on any atom is 0.231 e. The van der Waals surface area contributed by atoms with Crippen molar-refractivity contribution in [1.29, 1.82) is 0 Å². The summed E-state index contributed by atoms with van der Waals surface area (Å²) in [6.45, 7) is 4.70. The van der Waals surface area contributed by atoms with Crippen LogP contribution in [0.1, 0.15) is 40.6 Å². The molecule has 3 atom stereocenters. The fourth-order valence-electron chi connectivity index (χ4n) is 4.62. The maximum absolute atomic E-state index is 5.62. The van der Waals surface area contributed by atoms with Crippen LogP contribution in [0.15, 0.2) is 40.9 Å².